The van der Waals surface area contributed by atoms with Gasteiger partial charge in [-0.05, 0) is 70.5 Å². The molecule has 124 valence electrons. The first-order valence-electron chi connectivity index (χ1n) is 7.63. The van der Waals surface area contributed by atoms with Crippen molar-refractivity contribution < 1.29 is 9.53 Å². The van der Waals surface area contributed by atoms with E-state index in [9.17, 15) is 4.79 Å². The molecule has 0 fully saturated rings. The second-order valence-corrected chi connectivity index (χ2v) is 7.96. The van der Waals surface area contributed by atoms with E-state index < -0.39 is 11.7 Å². The summed E-state index contributed by atoms with van der Waals surface area (Å²) in [5.74, 6) is 0. The first kappa shape index (κ1) is 17.3. The average Bonchev–Trinajstić information content (AvgIpc) is 2.74. The summed E-state index contributed by atoms with van der Waals surface area (Å²) in [4.78, 5) is 14.4. The molecule has 0 aliphatic rings. The van der Waals surface area contributed by atoms with Crippen LogP contribution in [0.1, 0.15) is 36.1 Å². The van der Waals surface area contributed by atoms with Gasteiger partial charge in [-0.3, -0.25) is 5.32 Å². The first-order valence-corrected chi connectivity index (χ1v) is 8.44. The molecule has 0 saturated carbocycles. The molecular formula is C18H24N2O2S. The summed E-state index contributed by atoms with van der Waals surface area (Å²) in [5, 5.41) is 6.12. The predicted molar refractivity (Wildman–Crippen MR) is 97.4 cm³/mol. The SMILES string of the molecule is Cc1cc(CNc2ccc(NC(=O)OC(C)(C)C)cc2)c(C)s1. The number of anilines is 2. The maximum atomic E-state index is 11.7. The molecule has 0 unspecified atom stereocenters. The quantitative estimate of drug-likeness (QED) is 0.796. The third-order valence-electron chi connectivity index (χ3n) is 3.16. The molecule has 0 aliphatic heterocycles. The van der Waals surface area contributed by atoms with Gasteiger partial charge in [0, 0.05) is 27.7 Å². The number of aryl methyl sites for hydroxylation is 2. The summed E-state index contributed by atoms with van der Waals surface area (Å²) in [6.45, 7) is 10.6. The molecule has 1 amide bonds. The van der Waals surface area contributed by atoms with Crippen molar-refractivity contribution in [3.8, 4) is 0 Å². The van der Waals surface area contributed by atoms with Crippen LogP contribution in [0.5, 0.6) is 0 Å². The Morgan fingerprint density at radius 1 is 1.13 bits per heavy atom. The lowest BCUT2D eigenvalue weighted by molar-refractivity contribution is 0.0636. The summed E-state index contributed by atoms with van der Waals surface area (Å²) < 4.78 is 5.23. The molecule has 0 bridgehead atoms. The van der Waals surface area contributed by atoms with E-state index in [1.54, 1.807) is 0 Å². The Hall–Kier alpha value is -2.01. The molecule has 0 spiro atoms. The number of hydrogen-bond acceptors (Lipinski definition) is 4. The molecule has 4 nitrogen and oxygen atoms in total. The van der Waals surface area contributed by atoms with Gasteiger partial charge >= 0.3 is 6.09 Å². The topological polar surface area (TPSA) is 50.4 Å². The van der Waals surface area contributed by atoms with Crippen LogP contribution in [0, 0.1) is 13.8 Å². The number of amides is 1. The Kier molecular flexibility index (Phi) is 5.31. The minimum absolute atomic E-state index is 0.442. The van der Waals surface area contributed by atoms with Crippen molar-refractivity contribution in [1.29, 1.82) is 0 Å². The Balaban J connectivity index is 1.89. The molecule has 0 atom stereocenters. The fourth-order valence-corrected chi connectivity index (χ4v) is 3.10. The lowest BCUT2D eigenvalue weighted by Crippen LogP contribution is -2.27. The van der Waals surface area contributed by atoms with E-state index in [0.29, 0.717) is 5.69 Å². The van der Waals surface area contributed by atoms with E-state index in [-0.39, 0.29) is 0 Å². The van der Waals surface area contributed by atoms with Crippen LogP contribution in [0.4, 0.5) is 16.2 Å². The van der Waals surface area contributed by atoms with Crippen LogP contribution >= 0.6 is 11.3 Å². The number of carbonyl (C=O) groups excluding carboxylic acids is 1. The summed E-state index contributed by atoms with van der Waals surface area (Å²) in [6, 6.07) is 9.82. The molecule has 1 aromatic heterocycles. The van der Waals surface area contributed by atoms with Crippen molar-refractivity contribution in [3.63, 3.8) is 0 Å². The van der Waals surface area contributed by atoms with Gasteiger partial charge in [0.15, 0.2) is 0 Å². The monoisotopic (exact) mass is 332 g/mol. The highest BCUT2D eigenvalue weighted by molar-refractivity contribution is 7.12. The van der Waals surface area contributed by atoms with Crippen LogP contribution in [-0.2, 0) is 11.3 Å². The smallest absolute Gasteiger partial charge is 0.412 e. The Morgan fingerprint density at radius 3 is 2.26 bits per heavy atom. The molecule has 0 aliphatic carbocycles. The van der Waals surface area contributed by atoms with Gasteiger partial charge in [-0.2, -0.15) is 0 Å². The number of nitrogens with one attached hydrogen (secondary N) is 2. The van der Waals surface area contributed by atoms with Crippen molar-refractivity contribution in [3.05, 3.63) is 45.6 Å². The van der Waals surface area contributed by atoms with Crippen molar-refractivity contribution in [2.45, 2.75) is 46.8 Å². The highest BCUT2D eigenvalue weighted by Gasteiger charge is 2.16. The van der Waals surface area contributed by atoms with Crippen LogP contribution in [0.3, 0.4) is 0 Å². The number of hydrogen-bond donors (Lipinski definition) is 2. The van der Waals surface area contributed by atoms with E-state index in [1.165, 1.54) is 15.3 Å². The minimum Gasteiger partial charge on any atom is -0.444 e. The molecule has 23 heavy (non-hydrogen) atoms. The van der Waals surface area contributed by atoms with Crippen LogP contribution in [-0.4, -0.2) is 11.7 Å². The van der Waals surface area contributed by atoms with E-state index in [4.69, 9.17) is 4.74 Å². The van der Waals surface area contributed by atoms with E-state index >= 15 is 0 Å². The van der Waals surface area contributed by atoms with Crippen molar-refractivity contribution in [2.24, 2.45) is 0 Å². The Labute approximate surface area is 141 Å². The van der Waals surface area contributed by atoms with Gasteiger partial charge in [-0.25, -0.2) is 4.79 Å². The van der Waals surface area contributed by atoms with Crippen molar-refractivity contribution in [2.75, 3.05) is 10.6 Å². The number of ether oxygens (including phenoxy) is 1. The third kappa shape index (κ3) is 5.60. The first-order chi connectivity index (χ1) is 10.7. The number of carbonyl (C=O) groups is 1. The Morgan fingerprint density at radius 2 is 1.74 bits per heavy atom. The van der Waals surface area contributed by atoms with E-state index in [2.05, 4.69) is 30.5 Å². The highest BCUT2D eigenvalue weighted by Crippen LogP contribution is 2.22. The molecule has 2 aromatic rings. The van der Waals surface area contributed by atoms with Gasteiger partial charge in [-0.15, -0.1) is 11.3 Å². The highest BCUT2D eigenvalue weighted by atomic mass is 32.1. The predicted octanol–water partition coefficient (Wildman–Crippen LogP) is 5.32. The van der Waals surface area contributed by atoms with Crippen LogP contribution in [0.2, 0.25) is 0 Å². The molecular weight excluding hydrogens is 308 g/mol. The van der Waals surface area contributed by atoms with Gasteiger partial charge in [0.05, 0.1) is 0 Å². The summed E-state index contributed by atoms with van der Waals surface area (Å²) in [6.07, 6.45) is -0.442. The van der Waals surface area contributed by atoms with Crippen molar-refractivity contribution >= 4 is 28.8 Å². The summed E-state index contributed by atoms with van der Waals surface area (Å²) >= 11 is 1.82. The summed E-state index contributed by atoms with van der Waals surface area (Å²) in [7, 11) is 0. The van der Waals surface area contributed by atoms with Gasteiger partial charge in [0.25, 0.3) is 0 Å². The molecule has 0 radical (unpaired) electrons. The fourth-order valence-electron chi connectivity index (χ4n) is 2.15. The summed E-state index contributed by atoms with van der Waals surface area (Å²) in [5.41, 5.74) is 2.56. The zero-order valence-corrected chi connectivity index (χ0v) is 15.1. The minimum atomic E-state index is -0.498. The molecule has 1 aromatic carbocycles. The number of rotatable bonds is 4. The van der Waals surface area contributed by atoms with Crippen LogP contribution < -0.4 is 10.6 Å². The maximum absolute atomic E-state index is 11.7. The molecule has 1 heterocycles. The van der Waals surface area contributed by atoms with E-state index in [1.807, 2.05) is 56.4 Å². The number of benzene rings is 1. The lowest BCUT2D eigenvalue weighted by Gasteiger charge is -2.19. The molecule has 2 N–H and O–H groups in total. The maximum Gasteiger partial charge on any atom is 0.412 e. The average molecular weight is 332 g/mol. The van der Waals surface area contributed by atoms with E-state index in [0.717, 1.165) is 12.2 Å². The number of thiophene rings is 1. The molecule has 0 saturated heterocycles. The van der Waals surface area contributed by atoms with Gasteiger partial charge in [-0.1, -0.05) is 0 Å². The lowest BCUT2D eigenvalue weighted by atomic mass is 10.2. The molecule has 5 heteroatoms. The van der Waals surface area contributed by atoms with Gasteiger partial charge in [0.1, 0.15) is 5.60 Å². The normalized spacial score (nSPS) is 11.2. The zero-order valence-electron chi connectivity index (χ0n) is 14.3. The third-order valence-corrected chi connectivity index (χ3v) is 4.17. The standard InChI is InChI=1S/C18H24N2O2S/c1-12-10-14(13(2)23-12)11-19-15-6-8-16(9-7-15)20-17(21)22-18(3,4)5/h6-10,19H,11H2,1-5H3,(H,20,21). The van der Waals surface area contributed by atoms with Crippen molar-refractivity contribution in [1.82, 2.24) is 0 Å². The van der Waals surface area contributed by atoms with Crippen LogP contribution in [0.25, 0.3) is 0 Å². The second-order valence-electron chi connectivity index (χ2n) is 6.50. The molecule has 2 rings (SSSR count). The second kappa shape index (κ2) is 7.04. The fraction of sp³-hybridized carbons (Fsp3) is 0.389. The van der Waals surface area contributed by atoms with Gasteiger partial charge in [0.2, 0.25) is 0 Å². The van der Waals surface area contributed by atoms with Gasteiger partial charge < -0.3 is 10.1 Å². The van der Waals surface area contributed by atoms with Crippen LogP contribution in [0.15, 0.2) is 30.3 Å². The largest absolute Gasteiger partial charge is 0.444 e. The Bertz CT molecular complexity index is 669. The zero-order chi connectivity index (χ0) is 17.0.